The Morgan fingerprint density at radius 3 is 2.78 bits per heavy atom. The van der Waals surface area contributed by atoms with E-state index in [1.807, 2.05) is 30.3 Å². The molecule has 0 unspecified atom stereocenters. The number of nitrogens with zero attached hydrogens (tertiary/aromatic N) is 1. The number of nitrogens with two attached hydrogens (primary N) is 1. The number of anilines is 1. The molecule has 0 aliphatic heterocycles. The Morgan fingerprint density at radius 1 is 1.00 bits per heavy atom. The van der Waals surface area contributed by atoms with Gasteiger partial charge >= 0.3 is 0 Å². The predicted molar refractivity (Wildman–Crippen MR) is 71.5 cm³/mol. The first-order valence-corrected chi connectivity index (χ1v) is 5.64. The van der Waals surface area contributed by atoms with Crippen LogP contribution in [0.3, 0.4) is 0 Å². The van der Waals surface area contributed by atoms with Crippen LogP contribution in [0.2, 0.25) is 0 Å². The molecule has 0 saturated heterocycles. The number of rotatable bonds is 1. The van der Waals surface area contributed by atoms with Crippen molar-refractivity contribution in [1.29, 1.82) is 0 Å². The van der Waals surface area contributed by atoms with E-state index < -0.39 is 0 Å². The lowest BCUT2D eigenvalue weighted by Crippen LogP contribution is -1.90. The first-order chi connectivity index (χ1) is 8.74. The molecule has 3 rings (SSSR count). The lowest BCUT2D eigenvalue weighted by Gasteiger charge is -2.06. The molecule has 0 aliphatic carbocycles. The maximum absolute atomic E-state index is 13.8. The zero-order valence-electron chi connectivity index (χ0n) is 9.60. The van der Waals surface area contributed by atoms with E-state index in [0.29, 0.717) is 11.3 Å². The minimum atomic E-state index is -0.278. The van der Waals surface area contributed by atoms with Crippen LogP contribution in [0.15, 0.2) is 54.7 Å². The van der Waals surface area contributed by atoms with Crippen LogP contribution >= 0.6 is 0 Å². The van der Waals surface area contributed by atoms with Crippen molar-refractivity contribution < 1.29 is 4.39 Å². The molecule has 2 N–H and O–H groups in total. The van der Waals surface area contributed by atoms with Gasteiger partial charge in [-0.1, -0.05) is 18.2 Å². The highest BCUT2D eigenvalue weighted by Gasteiger charge is 2.06. The van der Waals surface area contributed by atoms with E-state index >= 15 is 0 Å². The van der Waals surface area contributed by atoms with Crippen molar-refractivity contribution in [2.45, 2.75) is 0 Å². The quantitative estimate of drug-likeness (QED) is 0.657. The van der Waals surface area contributed by atoms with Gasteiger partial charge in [0.1, 0.15) is 5.82 Å². The van der Waals surface area contributed by atoms with Crippen LogP contribution in [0.5, 0.6) is 0 Å². The number of fused-ring (bicyclic) bond motifs is 1. The molecule has 0 fully saturated rings. The molecule has 0 radical (unpaired) electrons. The Balaban J connectivity index is 2.22. The van der Waals surface area contributed by atoms with Crippen molar-refractivity contribution in [2.24, 2.45) is 0 Å². The number of halogens is 1. The van der Waals surface area contributed by atoms with Crippen molar-refractivity contribution in [2.75, 3.05) is 5.73 Å². The molecule has 3 aromatic rings. The summed E-state index contributed by atoms with van der Waals surface area (Å²) in [5.74, 6) is -0.278. The SMILES string of the molecule is Nc1ccc(F)c(-c2ccc3cccnc3c2)c1. The topological polar surface area (TPSA) is 38.9 Å². The van der Waals surface area contributed by atoms with E-state index in [-0.39, 0.29) is 5.82 Å². The standard InChI is InChI=1S/C15H11FN2/c16-14-6-5-12(17)9-13(14)11-4-3-10-2-1-7-18-15(10)8-11/h1-9H,17H2. The summed E-state index contributed by atoms with van der Waals surface area (Å²) in [6.45, 7) is 0. The highest BCUT2D eigenvalue weighted by atomic mass is 19.1. The van der Waals surface area contributed by atoms with Crippen molar-refractivity contribution >= 4 is 16.6 Å². The summed E-state index contributed by atoms with van der Waals surface area (Å²) in [6, 6.07) is 14.1. The average molecular weight is 238 g/mol. The van der Waals surface area contributed by atoms with Crippen LogP contribution in [-0.4, -0.2) is 4.98 Å². The summed E-state index contributed by atoms with van der Waals surface area (Å²) in [5.41, 5.74) is 8.37. The number of hydrogen-bond donors (Lipinski definition) is 1. The minimum absolute atomic E-state index is 0.278. The molecule has 2 nitrogen and oxygen atoms in total. The Hall–Kier alpha value is -2.42. The third-order valence-corrected chi connectivity index (χ3v) is 2.91. The molecule has 88 valence electrons. The van der Waals surface area contributed by atoms with Crippen LogP contribution in [0.25, 0.3) is 22.0 Å². The third-order valence-electron chi connectivity index (χ3n) is 2.91. The predicted octanol–water partition coefficient (Wildman–Crippen LogP) is 3.62. The monoisotopic (exact) mass is 238 g/mol. The third kappa shape index (κ3) is 1.80. The lowest BCUT2D eigenvalue weighted by atomic mass is 10.0. The second-order valence-electron chi connectivity index (χ2n) is 4.15. The number of hydrogen-bond acceptors (Lipinski definition) is 2. The normalized spacial score (nSPS) is 10.7. The van der Waals surface area contributed by atoms with E-state index in [4.69, 9.17) is 5.73 Å². The zero-order chi connectivity index (χ0) is 12.5. The summed E-state index contributed by atoms with van der Waals surface area (Å²) in [4.78, 5) is 4.27. The minimum Gasteiger partial charge on any atom is -0.399 e. The smallest absolute Gasteiger partial charge is 0.131 e. The van der Waals surface area contributed by atoms with Crippen LogP contribution < -0.4 is 5.73 Å². The maximum Gasteiger partial charge on any atom is 0.131 e. The van der Waals surface area contributed by atoms with Gasteiger partial charge in [-0.25, -0.2) is 4.39 Å². The first-order valence-electron chi connectivity index (χ1n) is 5.64. The fraction of sp³-hybridized carbons (Fsp3) is 0. The maximum atomic E-state index is 13.8. The van der Waals surface area contributed by atoms with Gasteiger partial charge in [-0.05, 0) is 35.9 Å². The Kier molecular flexibility index (Phi) is 2.45. The van der Waals surface area contributed by atoms with Crippen molar-refractivity contribution in [3.8, 4) is 11.1 Å². The van der Waals surface area contributed by atoms with Crippen molar-refractivity contribution in [1.82, 2.24) is 4.98 Å². The molecule has 0 bridgehead atoms. The van der Waals surface area contributed by atoms with E-state index in [9.17, 15) is 4.39 Å². The molecule has 0 atom stereocenters. The van der Waals surface area contributed by atoms with Crippen LogP contribution in [0.1, 0.15) is 0 Å². The number of nitrogen functional groups attached to an aromatic ring is 1. The van der Waals surface area contributed by atoms with E-state index in [0.717, 1.165) is 16.5 Å². The van der Waals surface area contributed by atoms with Gasteiger partial charge < -0.3 is 5.73 Å². The molecular weight excluding hydrogens is 227 g/mol. The van der Waals surface area contributed by atoms with Gasteiger partial charge in [-0.15, -0.1) is 0 Å². The zero-order valence-corrected chi connectivity index (χ0v) is 9.60. The number of aromatic nitrogens is 1. The van der Waals surface area contributed by atoms with Crippen LogP contribution in [-0.2, 0) is 0 Å². The van der Waals surface area contributed by atoms with Gasteiger partial charge in [0, 0.05) is 22.8 Å². The summed E-state index contributed by atoms with van der Waals surface area (Å²) in [6.07, 6.45) is 1.72. The molecule has 3 heteroatoms. The summed E-state index contributed by atoms with van der Waals surface area (Å²) in [5, 5.41) is 1.03. The molecule has 1 heterocycles. The number of benzene rings is 2. The highest BCUT2D eigenvalue weighted by Crippen LogP contribution is 2.27. The van der Waals surface area contributed by atoms with Gasteiger partial charge in [0.25, 0.3) is 0 Å². The molecule has 0 saturated carbocycles. The summed E-state index contributed by atoms with van der Waals surface area (Å²) < 4.78 is 13.8. The fourth-order valence-electron chi connectivity index (χ4n) is 2.00. The fourth-order valence-corrected chi connectivity index (χ4v) is 2.00. The molecule has 0 amide bonds. The van der Waals surface area contributed by atoms with Crippen LogP contribution in [0, 0.1) is 5.82 Å². The second kappa shape index (κ2) is 4.11. The van der Waals surface area contributed by atoms with Crippen LogP contribution in [0.4, 0.5) is 10.1 Å². The first kappa shape index (κ1) is 10.7. The lowest BCUT2D eigenvalue weighted by molar-refractivity contribution is 0.631. The van der Waals surface area contributed by atoms with Crippen molar-refractivity contribution in [3.63, 3.8) is 0 Å². The summed E-state index contributed by atoms with van der Waals surface area (Å²) in [7, 11) is 0. The van der Waals surface area contributed by atoms with Gasteiger partial charge in [0.2, 0.25) is 0 Å². The Labute approximate surface area is 104 Å². The second-order valence-corrected chi connectivity index (χ2v) is 4.15. The largest absolute Gasteiger partial charge is 0.399 e. The molecule has 1 aromatic heterocycles. The van der Waals surface area contributed by atoms with Gasteiger partial charge in [0.15, 0.2) is 0 Å². The Morgan fingerprint density at radius 2 is 1.89 bits per heavy atom. The molecule has 0 aliphatic rings. The Bertz CT molecular complexity index is 723. The summed E-state index contributed by atoms with van der Waals surface area (Å²) >= 11 is 0. The van der Waals surface area contributed by atoms with Crippen molar-refractivity contribution in [3.05, 3.63) is 60.5 Å². The molecule has 18 heavy (non-hydrogen) atoms. The van der Waals surface area contributed by atoms with Gasteiger partial charge in [0.05, 0.1) is 5.52 Å². The number of pyridine rings is 1. The molecule has 0 spiro atoms. The highest BCUT2D eigenvalue weighted by molar-refractivity contribution is 5.84. The average Bonchev–Trinajstić information content (AvgIpc) is 2.41. The van der Waals surface area contributed by atoms with E-state index in [1.165, 1.54) is 6.07 Å². The van der Waals surface area contributed by atoms with Gasteiger partial charge in [-0.3, -0.25) is 4.98 Å². The van der Waals surface area contributed by atoms with E-state index in [2.05, 4.69) is 4.98 Å². The van der Waals surface area contributed by atoms with E-state index in [1.54, 1.807) is 18.3 Å². The molecular formula is C15H11FN2. The van der Waals surface area contributed by atoms with Gasteiger partial charge in [-0.2, -0.15) is 0 Å². The molecule has 2 aromatic carbocycles.